The van der Waals surface area contributed by atoms with Gasteiger partial charge in [0, 0.05) is 5.56 Å². The van der Waals surface area contributed by atoms with Crippen LogP contribution in [0.15, 0.2) is 29.3 Å². The molecule has 0 radical (unpaired) electrons. The van der Waals surface area contributed by atoms with Crippen LogP contribution in [-0.2, 0) is 10.2 Å². The van der Waals surface area contributed by atoms with Gasteiger partial charge in [0.2, 0.25) is 6.08 Å². The van der Waals surface area contributed by atoms with Gasteiger partial charge in [-0.25, -0.2) is 4.79 Å². The average molecular weight is 203 g/mol. The van der Waals surface area contributed by atoms with Gasteiger partial charge >= 0.3 is 0 Å². The average Bonchev–Trinajstić information content (AvgIpc) is 2.17. The summed E-state index contributed by atoms with van der Waals surface area (Å²) < 4.78 is 0. The van der Waals surface area contributed by atoms with Crippen molar-refractivity contribution >= 4 is 12.0 Å². The Labute approximate surface area is 88.8 Å². The zero-order valence-electron chi connectivity index (χ0n) is 9.07. The molecule has 1 amide bonds. The van der Waals surface area contributed by atoms with E-state index in [0.29, 0.717) is 5.56 Å². The second-order valence-electron chi connectivity index (χ2n) is 4.34. The predicted molar refractivity (Wildman–Crippen MR) is 57.6 cm³/mol. The molecule has 0 saturated heterocycles. The molecule has 3 nitrogen and oxygen atoms in total. The van der Waals surface area contributed by atoms with Gasteiger partial charge in [0.1, 0.15) is 0 Å². The number of rotatable bonds is 1. The third kappa shape index (κ3) is 2.86. The largest absolute Gasteiger partial charge is 0.287 e. The fraction of sp³-hybridized carbons (Fsp3) is 0.333. The Morgan fingerprint density at radius 2 is 1.73 bits per heavy atom. The molecule has 3 heteroatoms. The van der Waals surface area contributed by atoms with E-state index < -0.39 is 5.91 Å². The molecule has 0 aliphatic heterocycles. The Balaban J connectivity index is 3.00. The van der Waals surface area contributed by atoms with Crippen LogP contribution in [-0.4, -0.2) is 12.0 Å². The monoisotopic (exact) mass is 203 g/mol. The van der Waals surface area contributed by atoms with Gasteiger partial charge in [0.05, 0.1) is 0 Å². The molecule has 0 atom stereocenters. The summed E-state index contributed by atoms with van der Waals surface area (Å²) in [7, 11) is 0. The van der Waals surface area contributed by atoms with E-state index in [4.69, 9.17) is 0 Å². The first kappa shape index (κ1) is 11.3. The molecule has 0 aliphatic rings. The van der Waals surface area contributed by atoms with Crippen LogP contribution in [0.4, 0.5) is 0 Å². The van der Waals surface area contributed by atoms with Gasteiger partial charge in [-0.3, -0.25) is 4.79 Å². The van der Waals surface area contributed by atoms with Crippen LogP contribution < -0.4 is 0 Å². The molecular formula is C12H13NO2. The molecule has 15 heavy (non-hydrogen) atoms. The second kappa shape index (κ2) is 4.20. The lowest BCUT2D eigenvalue weighted by Gasteiger charge is -2.18. The number of hydrogen-bond acceptors (Lipinski definition) is 2. The molecule has 0 bridgehead atoms. The normalized spacial score (nSPS) is 10.6. The highest BCUT2D eigenvalue weighted by Gasteiger charge is 2.13. The smallest absolute Gasteiger partial charge is 0.266 e. The van der Waals surface area contributed by atoms with Gasteiger partial charge in [-0.1, -0.05) is 32.9 Å². The van der Waals surface area contributed by atoms with Crippen LogP contribution >= 0.6 is 0 Å². The minimum atomic E-state index is -0.551. The highest BCUT2D eigenvalue weighted by molar-refractivity contribution is 5.97. The summed E-state index contributed by atoms with van der Waals surface area (Å²) in [4.78, 5) is 24.1. The lowest BCUT2D eigenvalue weighted by molar-refractivity contribution is 0.100. The number of benzene rings is 1. The topological polar surface area (TPSA) is 46.5 Å². The van der Waals surface area contributed by atoms with E-state index in [2.05, 4.69) is 25.8 Å². The van der Waals surface area contributed by atoms with Crippen LogP contribution in [0.5, 0.6) is 0 Å². The van der Waals surface area contributed by atoms with Crippen molar-refractivity contribution in [2.75, 3.05) is 0 Å². The zero-order chi connectivity index (χ0) is 11.5. The fourth-order valence-corrected chi connectivity index (χ4v) is 1.22. The lowest BCUT2D eigenvalue weighted by atomic mass is 9.87. The summed E-state index contributed by atoms with van der Waals surface area (Å²) in [5.41, 5.74) is 1.59. The van der Waals surface area contributed by atoms with E-state index in [-0.39, 0.29) is 5.41 Å². The Hall–Kier alpha value is -1.73. The van der Waals surface area contributed by atoms with E-state index in [1.165, 1.54) is 6.08 Å². The van der Waals surface area contributed by atoms with E-state index >= 15 is 0 Å². The molecule has 1 aromatic carbocycles. The Bertz CT molecular complexity index is 406. The van der Waals surface area contributed by atoms with Crippen LogP contribution in [0.25, 0.3) is 0 Å². The van der Waals surface area contributed by atoms with Crippen LogP contribution in [0.1, 0.15) is 36.7 Å². The molecule has 0 N–H and O–H groups in total. The van der Waals surface area contributed by atoms with Crippen LogP contribution in [0.3, 0.4) is 0 Å². The summed E-state index contributed by atoms with van der Waals surface area (Å²) in [6, 6.07) is 7.08. The molecule has 0 aromatic heterocycles. The first-order chi connectivity index (χ1) is 6.95. The van der Waals surface area contributed by atoms with Crippen molar-refractivity contribution in [3.05, 3.63) is 35.4 Å². The van der Waals surface area contributed by atoms with Gasteiger partial charge in [0.15, 0.2) is 0 Å². The number of hydrogen-bond donors (Lipinski definition) is 0. The minimum absolute atomic E-state index is 0.0511. The van der Waals surface area contributed by atoms with Crippen molar-refractivity contribution < 1.29 is 9.59 Å². The first-order valence-electron chi connectivity index (χ1n) is 4.68. The van der Waals surface area contributed by atoms with Crippen molar-refractivity contribution in [2.45, 2.75) is 26.2 Å². The summed E-state index contributed by atoms with van der Waals surface area (Å²) in [5.74, 6) is -0.551. The predicted octanol–water partition coefficient (Wildman–Crippen LogP) is 2.46. The van der Waals surface area contributed by atoms with Crippen molar-refractivity contribution in [1.82, 2.24) is 0 Å². The molecule has 0 aliphatic carbocycles. The second-order valence-corrected chi connectivity index (χ2v) is 4.34. The summed E-state index contributed by atoms with van der Waals surface area (Å²) in [6.07, 6.45) is 1.24. The highest BCUT2D eigenvalue weighted by Crippen LogP contribution is 2.22. The molecule has 1 rings (SSSR count). The van der Waals surface area contributed by atoms with Gasteiger partial charge in [-0.15, -0.1) is 4.99 Å². The Morgan fingerprint density at radius 1 is 1.20 bits per heavy atom. The maximum atomic E-state index is 11.2. The van der Waals surface area contributed by atoms with Gasteiger partial charge in [-0.05, 0) is 23.1 Å². The van der Waals surface area contributed by atoms with Crippen molar-refractivity contribution in [1.29, 1.82) is 0 Å². The third-order valence-corrected chi connectivity index (χ3v) is 2.15. The highest BCUT2D eigenvalue weighted by atomic mass is 16.2. The number of aliphatic imine (C=N–C) groups is 1. The first-order valence-corrected chi connectivity index (χ1v) is 4.68. The molecule has 0 saturated carbocycles. The maximum absolute atomic E-state index is 11.2. The zero-order valence-corrected chi connectivity index (χ0v) is 9.07. The Morgan fingerprint density at radius 3 is 2.13 bits per heavy atom. The summed E-state index contributed by atoms with van der Waals surface area (Å²) >= 11 is 0. The van der Waals surface area contributed by atoms with Crippen molar-refractivity contribution in [3.8, 4) is 0 Å². The van der Waals surface area contributed by atoms with Gasteiger partial charge < -0.3 is 0 Å². The van der Waals surface area contributed by atoms with Gasteiger partial charge in [0.25, 0.3) is 5.91 Å². The Kier molecular flexibility index (Phi) is 3.17. The summed E-state index contributed by atoms with van der Waals surface area (Å²) in [5, 5.41) is 0. The molecule has 78 valence electrons. The molecule has 0 heterocycles. The number of isocyanates is 1. The lowest BCUT2D eigenvalue weighted by Crippen LogP contribution is -2.11. The summed E-state index contributed by atoms with van der Waals surface area (Å²) in [6.45, 7) is 6.27. The maximum Gasteiger partial charge on any atom is 0.287 e. The van der Waals surface area contributed by atoms with E-state index in [9.17, 15) is 9.59 Å². The number of amides is 1. The van der Waals surface area contributed by atoms with E-state index in [1.807, 2.05) is 12.1 Å². The molecule has 0 spiro atoms. The SMILES string of the molecule is CC(C)(C)c1ccc(C(=O)N=C=O)cc1. The molecular weight excluding hydrogens is 190 g/mol. The number of carbonyl (C=O) groups is 1. The van der Waals surface area contributed by atoms with Crippen molar-refractivity contribution in [2.24, 2.45) is 4.99 Å². The van der Waals surface area contributed by atoms with E-state index in [1.54, 1.807) is 12.1 Å². The standard InChI is InChI=1S/C12H13NO2/c1-12(2,3)10-6-4-9(5-7-10)11(15)13-8-14/h4-7H,1-3H3. The number of nitrogens with zero attached hydrogens (tertiary/aromatic N) is 1. The molecule has 0 unspecified atom stereocenters. The van der Waals surface area contributed by atoms with Gasteiger partial charge in [-0.2, -0.15) is 0 Å². The fourth-order valence-electron chi connectivity index (χ4n) is 1.22. The number of carbonyl (C=O) groups excluding carboxylic acids is 2. The van der Waals surface area contributed by atoms with Crippen molar-refractivity contribution in [3.63, 3.8) is 0 Å². The quantitative estimate of drug-likeness (QED) is 0.520. The van der Waals surface area contributed by atoms with Crippen LogP contribution in [0.2, 0.25) is 0 Å². The minimum Gasteiger partial charge on any atom is -0.266 e. The molecule has 1 aromatic rings. The van der Waals surface area contributed by atoms with Crippen LogP contribution in [0, 0.1) is 0 Å². The third-order valence-electron chi connectivity index (χ3n) is 2.15. The van der Waals surface area contributed by atoms with E-state index in [0.717, 1.165) is 5.56 Å². The molecule has 0 fully saturated rings.